The van der Waals surface area contributed by atoms with E-state index in [-0.39, 0.29) is 11.3 Å². The highest BCUT2D eigenvalue weighted by molar-refractivity contribution is 6.30. The minimum atomic E-state index is -4.84. The maximum Gasteiger partial charge on any atom is 0.511 e. The first kappa shape index (κ1) is 17.9. The molecule has 5 nitrogen and oxygen atoms in total. The third-order valence-corrected chi connectivity index (χ3v) is 3.59. The van der Waals surface area contributed by atoms with Crippen LogP contribution in [0.5, 0.6) is 17.2 Å². The summed E-state index contributed by atoms with van der Waals surface area (Å²) in [7, 11) is 0. The van der Waals surface area contributed by atoms with Gasteiger partial charge >= 0.3 is 12.3 Å². The van der Waals surface area contributed by atoms with E-state index >= 15 is 0 Å². The molecule has 1 heterocycles. The van der Waals surface area contributed by atoms with E-state index in [4.69, 9.17) is 26.2 Å². The summed E-state index contributed by atoms with van der Waals surface area (Å²) in [4.78, 5) is 10.7. The number of ether oxygens (including phenoxy) is 3. The van der Waals surface area contributed by atoms with Gasteiger partial charge in [-0.3, -0.25) is 0 Å². The molecule has 0 bridgehead atoms. The Kier molecular flexibility index (Phi) is 4.69. The molecule has 0 saturated carbocycles. The van der Waals surface area contributed by atoms with Gasteiger partial charge in [-0.25, -0.2) is 4.79 Å². The SMILES string of the molecule is O=C(O)OC1=Cc2cc(Oc3ccc(Cl)cc3)ccc2OC1C(F)(F)F. The second-order valence-corrected chi connectivity index (χ2v) is 5.65. The van der Waals surface area contributed by atoms with Crippen molar-refractivity contribution in [3.63, 3.8) is 0 Å². The van der Waals surface area contributed by atoms with Crippen molar-refractivity contribution < 1.29 is 37.3 Å². The van der Waals surface area contributed by atoms with Crippen LogP contribution in [0, 0.1) is 0 Å². The van der Waals surface area contributed by atoms with Gasteiger partial charge in [0.05, 0.1) is 0 Å². The van der Waals surface area contributed by atoms with Crippen LogP contribution in [0.4, 0.5) is 18.0 Å². The van der Waals surface area contributed by atoms with Gasteiger partial charge in [-0.15, -0.1) is 0 Å². The predicted octanol–water partition coefficient (Wildman–Crippen LogP) is 5.49. The molecule has 2 aromatic rings. The standard InChI is InChI=1S/C17H10ClF3O5/c18-10-1-3-11(4-2-10)24-12-5-6-13-9(7-12)8-14(26-16(22)23)15(25-13)17(19,20)21/h1-8,15H,(H,22,23). The Morgan fingerprint density at radius 1 is 1.12 bits per heavy atom. The molecule has 136 valence electrons. The van der Waals surface area contributed by atoms with Crippen molar-refractivity contribution in [3.8, 4) is 17.2 Å². The molecule has 0 fully saturated rings. The lowest BCUT2D eigenvalue weighted by atomic mass is 10.1. The molecule has 1 aliphatic rings. The van der Waals surface area contributed by atoms with Crippen LogP contribution in [0.15, 0.2) is 48.2 Å². The van der Waals surface area contributed by atoms with Gasteiger partial charge in [-0.2, -0.15) is 13.2 Å². The summed E-state index contributed by atoms with van der Waals surface area (Å²) in [6.07, 6.45) is -8.25. The summed E-state index contributed by atoms with van der Waals surface area (Å²) in [6.45, 7) is 0. The first-order valence-corrected chi connectivity index (χ1v) is 7.53. The highest BCUT2D eigenvalue weighted by Crippen LogP contribution is 2.39. The predicted molar refractivity (Wildman–Crippen MR) is 85.5 cm³/mol. The first-order chi connectivity index (χ1) is 12.2. The number of carboxylic acid groups (broad SMARTS) is 1. The molecule has 0 aliphatic carbocycles. The molecule has 26 heavy (non-hydrogen) atoms. The van der Waals surface area contributed by atoms with Crippen LogP contribution in [0.2, 0.25) is 5.02 Å². The number of alkyl halides is 3. The number of carbonyl (C=O) groups is 1. The van der Waals surface area contributed by atoms with E-state index in [1.807, 2.05) is 0 Å². The minimum absolute atomic E-state index is 0.0754. The molecule has 0 spiro atoms. The Bertz CT molecular complexity index is 862. The summed E-state index contributed by atoms with van der Waals surface area (Å²) in [5.74, 6) is -0.175. The Hall–Kier alpha value is -2.87. The van der Waals surface area contributed by atoms with Crippen molar-refractivity contribution in [1.82, 2.24) is 0 Å². The fraction of sp³-hybridized carbons (Fsp3) is 0.118. The smallest absolute Gasteiger partial charge is 0.472 e. The topological polar surface area (TPSA) is 65.0 Å². The first-order valence-electron chi connectivity index (χ1n) is 7.15. The lowest BCUT2D eigenvalue weighted by molar-refractivity contribution is -0.191. The highest BCUT2D eigenvalue weighted by atomic mass is 35.5. The maximum atomic E-state index is 13.1. The van der Waals surface area contributed by atoms with Crippen LogP contribution in [0.1, 0.15) is 5.56 Å². The molecule has 1 aliphatic heterocycles. The van der Waals surface area contributed by atoms with E-state index in [1.165, 1.54) is 18.2 Å². The van der Waals surface area contributed by atoms with Gasteiger partial charge in [0, 0.05) is 10.6 Å². The molecule has 1 N–H and O–H groups in total. The maximum absolute atomic E-state index is 13.1. The molecule has 0 amide bonds. The zero-order chi connectivity index (χ0) is 18.9. The van der Waals surface area contributed by atoms with Crippen molar-refractivity contribution in [3.05, 3.63) is 58.8 Å². The zero-order valence-corrected chi connectivity index (χ0v) is 13.5. The van der Waals surface area contributed by atoms with E-state index in [0.717, 1.165) is 6.08 Å². The Morgan fingerprint density at radius 3 is 2.38 bits per heavy atom. The van der Waals surface area contributed by atoms with Crippen molar-refractivity contribution in [2.75, 3.05) is 0 Å². The molecule has 0 saturated heterocycles. The van der Waals surface area contributed by atoms with Crippen LogP contribution in [0.25, 0.3) is 6.08 Å². The normalized spacial score (nSPS) is 16.2. The molecular formula is C17H10ClF3O5. The average molecular weight is 387 g/mol. The summed E-state index contributed by atoms with van der Waals surface area (Å²) in [5, 5.41) is 9.17. The van der Waals surface area contributed by atoms with Gasteiger partial charge in [0.1, 0.15) is 17.2 Å². The van der Waals surface area contributed by atoms with Gasteiger partial charge in [0.2, 0.25) is 0 Å². The van der Waals surface area contributed by atoms with Gasteiger partial charge in [-0.1, -0.05) is 11.6 Å². The molecule has 0 radical (unpaired) electrons. The van der Waals surface area contributed by atoms with Gasteiger partial charge in [0.25, 0.3) is 6.10 Å². The molecule has 1 unspecified atom stereocenters. The van der Waals surface area contributed by atoms with E-state index in [9.17, 15) is 18.0 Å². The molecule has 3 rings (SSSR count). The van der Waals surface area contributed by atoms with Crippen LogP contribution >= 0.6 is 11.6 Å². The second-order valence-electron chi connectivity index (χ2n) is 5.21. The largest absolute Gasteiger partial charge is 0.511 e. The lowest BCUT2D eigenvalue weighted by Gasteiger charge is -2.27. The second kappa shape index (κ2) is 6.80. The molecule has 9 heteroatoms. The van der Waals surface area contributed by atoms with Gasteiger partial charge < -0.3 is 19.3 Å². The Balaban J connectivity index is 1.91. The van der Waals surface area contributed by atoms with E-state index in [2.05, 4.69) is 4.74 Å². The summed E-state index contributed by atoms with van der Waals surface area (Å²) >= 11 is 5.78. The van der Waals surface area contributed by atoms with Crippen molar-refractivity contribution in [2.45, 2.75) is 12.3 Å². The number of halogens is 4. The summed E-state index contributed by atoms with van der Waals surface area (Å²) in [5.41, 5.74) is 0.188. The fourth-order valence-electron chi connectivity index (χ4n) is 2.27. The summed E-state index contributed by atoms with van der Waals surface area (Å²) < 4.78 is 53.9. The van der Waals surface area contributed by atoms with Crippen LogP contribution in [-0.2, 0) is 4.74 Å². The Labute approximate surface area is 150 Å². The van der Waals surface area contributed by atoms with E-state index in [1.54, 1.807) is 24.3 Å². The van der Waals surface area contributed by atoms with Crippen molar-refractivity contribution in [2.24, 2.45) is 0 Å². The van der Waals surface area contributed by atoms with Gasteiger partial charge in [-0.05, 0) is 48.5 Å². The number of benzene rings is 2. The van der Waals surface area contributed by atoms with E-state index < -0.39 is 24.2 Å². The lowest BCUT2D eigenvalue weighted by Crippen LogP contribution is -2.39. The van der Waals surface area contributed by atoms with E-state index in [0.29, 0.717) is 16.5 Å². The number of hydrogen-bond donors (Lipinski definition) is 1. The zero-order valence-electron chi connectivity index (χ0n) is 12.8. The van der Waals surface area contributed by atoms with Crippen molar-refractivity contribution >= 4 is 23.8 Å². The highest BCUT2D eigenvalue weighted by Gasteiger charge is 2.48. The molecular weight excluding hydrogens is 377 g/mol. The number of hydrogen-bond acceptors (Lipinski definition) is 4. The summed E-state index contributed by atoms with van der Waals surface area (Å²) in [6, 6.07) is 10.6. The fourth-order valence-corrected chi connectivity index (χ4v) is 2.40. The molecule has 1 atom stereocenters. The van der Waals surface area contributed by atoms with Crippen LogP contribution in [-0.4, -0.2) is 23.5 Å². The molecule has 0 aromatic heterocycles. The van der Waals surface area contributed by atoms with Crippen molar-refractivity contribution in [1.29, 1.82) is 0 Å². The number of fused-ring (bicyclic) bond motifs is 1. The number of rotatable bonds is 3. The average Bonchev–Trinajstić information content (AvgIpc) is 2.55. The monoisotopic (exact) mass is 386 g/mol. The third kappa shape index (κ3) is 4.02. The van der Waals surface area contributed by atoms with Crippen LogP contribution in [0.3, 0.4) is 0 Å². The minimum Gasteiger partial charge on any atom is -0.472 e. The van der Waals surface area contributed by atoms with Gasteiger partial charge in [0.15, 0.2) is 5.76 Å². The Morgan fingerprint density at radius 2 is 1.77 bits per heavy atom. The van der Waals surface area contributed by atoms with Crippen LogP contribution < -0.4 is 9.47 Å². The quantitative estimate of drug-likeness (QED) is 0.706. The molecule has 2 aromatic carbocycles. The third-order valence-electron chi connectivity index (χ3n) is 3.33.